The summed E-state index contributed by atoms with van der Waals surface area (Å²) in [6.07, 6.45) is 40.0. The number of aromatic nitrogens is 2. The molecule has 8 heteroatoms. The first kappa shape index (κ1) is 52.5. The number of ether oxygens (including phenoxy) is 3. The molecule has 1 heterocycles. The van der Waals surface area contributed by atoms with Crippen LogP contribution in [0, 0.1) is 12.8 Å². The number of carbonyl (C=O) groups excluding carboxylic acids is 2. The van der Waals surface area contributed by atoms with Crippen LogP contribution in [0.25, 0.3) is 0 Å². The van der Waals surface area contributed by atoms with E-state index in [0.29, 0.717) is 31.9 Å². The average Bonchev–Trinajstić information content (AvgIpc) is 3.61. The second-order valence-electron chi connectivity index (χ2n) is 16.8. The first-order chi connectivity index (χ1) is 27.9. The summed E-state index contributed by atoms with van der Waals surface area (Å²) in [4.78, 5) is 30.2. The maximum Gasteiger partial charge on any atom is 0.407 e. The molecule has 1 amide bonds. The molecule has 1 unspecified atom stereocenters. The lowest BCUT2D eigenvalue weighted by Gasteiger charge is -2.20. The lowest BCUT2D eigenvalue weighted by atomic mass is 9.91. The number of amides is 1. The molecule has 57 heavy (non-hydrogen) atoms. The molecule has 0 fully saturated rings. The van der Waals surface area contributed by atoms with E-state index in [-0.39, 0.29) is 18.2 Å². The maximum absolute atomic E-state index is 13.1. The topological polar surface area (TPSA) is 91.7 Å². The van der Waals surface area contributed by atoms with Crippen LogP contribution < -0.4 is 5.32 Å². The predicted octanol–water partition coefficient (Wildman–Crippen LogP) is 14.5. The summed E-state index contributed by atoms with van der Waals surface area (Å²) in [5, 5.41) is 2.94. The normalized spacial score (nSPS) is 11.9. The van der Waals surface area contributed by atoms with Gasteiger partial charge in [0.2, 0.25) is 0 Å². The van der Waals surface area contributed by atoms with Gasteiger partial charge in [0.1, 0.15) is 11.9 Å². The number of imidazole rings is 1. The molecule has 0 aliphatic carbocycles. The van der Waals surface area contributed by atoms with Gasteiger partial charge in [-0.15, -0.1) is 0 Å². The van der Waals surface area contributed by atoms with Gasteiger partial charge >= 0.3 is 12.1 Å². The van der Waals surface area contributed by atoms with Crippen LogP contribution >= 0.6 is 0 Å². The van der Waals surface area contributed by atoms with Crippen LogP contribution in [0.5, 0.6) is 0 Å². The summed E-state index contributed by atoms with van der Waals surface area (Å²) in [6, 6.07) is 0. The van der Waals surface area contributed by atoms with Gasteiger partial charge in [0, 0.05) is 44.7 Å². The van der Waals surface area contributed by atoms with Crippen molar-refractivity contribution >= 4 is 12.1 Å². The highest BCUT2D eigenvalue weighted by molar-refractivity contribution is 5.69. The fourth-order valence-corrected chi connectivity index (χ4v) is 7.66. The van der Waals surface area contributed by atoms with E-state index in [4.69, 9.17) is 14.2 Å². The molecule has 1 aromatic heterocycles. The Balaban J connectivity index is 2.44. The van der Waals surface area contributed by atoms with E-state index < -0.39 is 0 Å². The minimum Gasteiger partial charge on any atom is -0.499 e. The lowest BCUT2D eigenvalue weighted by molar-refractivity contribution is -0.145. The molecule has 1 rings (SSSR count). The minimum atomic E-state index is -0.383. The van der Waals surface area contributed by atoms with Gasteiger partial charge in [0.05, 0.1) is 19.0 Å². The second-order valence-corrected chi connectivity index (χ2v) is 16.8. The molecule has 0 saturated heterocycles. The Bertz CT molecular complexity index is 1060. The van der Waals surface area contributed by atoms with Crippen LogP contribution in [-0.4, -0.2) is 47.5 Å². The molecule has 0 bridgehead atoms. The van der Waals surface area contributed by atoms with Crippen molar-refractivity contribution in [3.05, 3.63) is 30.6 Å². The Kier molecular flexibility index (Phi) is 35.9. The van der Waals surface area contributed by atoms with Gasteiger partial charge in [-0.25, -0.2) is 9.78 Å². The lowest BCUT2D eigenvalue weighted by Crippen LogP contribution is -2.31. The summed E-state index contributed by atoms with van der Waals surface area (Å²) in [5.74, 6) is 2.24. The third-order valence-electron chi connectivity index (χ3n) is 11.4. The number of carbonyl (C=O) groups is 2. The number of allylic oxidation sites excluding steroid dienone is 1. The number of nitrogens with zero attached hydrogens (tertiary/aromatic N) is 2. The molecule has 1 aromatic rings. The van der Waals surface area contributed by atoms with Crippen molar-refractivity contribution in [2.75, 3.05) is 19.8 Å². The number of alkyl carbamates (subject to hydrolysis) is 1. The van der Waals surface area contributed by atoms with Crippen molar-refractivity contribution in [2.45, 2.75) is 246 Å². The van der Waals surface area contributed by atoms with Crippen LogP contribution in [0.2, 0.25) is 0 Å². The van der Waals surface area contributed by atoms with E-state index in [1.54, 1.807) is 6.20 Å². The maximum atomic E-state index is 13.1. The summed E-state index contributed by atoms with van der Waals surface area (Å²) >= 11 is 0. The van der Waals surface area contributed by atoms with Gasteiger partial charge in [0.25, 0.3) is 0 Å². The van der Waals surface area contributed by atoms with Crippen molar-refractivity contribution < 1.29 is 23.8 Å². The quantitative estimate of drug-likeness (QED) is 0.0402. The van der Waals surface area contributed by atoms with Crippen molar-refractivity contribution in [1.82, 2.24) is 14.9 Å². The second kappa shape index (κ2) is 39.0. The largest absolute Gasteiger partial charge is 0.499 e. The monoisotopic (exact) mass is 802 g/mol. The van der Waals surface area contributed by atoms with Gasteiger partial charge in [-0.3, -0.25) is 4.79 Å². The molecular formula is C49H91N3O5. The van der Waals surface area contributed by atoms with Crippen LogP contribution in [-0.2, 0) is 25.5 Å². The number of esters is 1. The van der Waals surface area contributed by atoms with E-state index in [1.807, 2.05) is 13.1 Å². The summed E-state index contributed by atoms with van der Waals surface area (Å²) in [7, 11) is 0. The molecule has 0 saturated carbocycles. The van der Waals surface area contributed by atoms with Crippen LogP contribution in [0.15, 0.2) is 24.7 Å². The Morgan fingerprint density at radius 3 is 1.74 bits per heavy atom. The van der Waals surface area contributed by atoms with Crippen molar-refractivity contribution in [3.63, 3.8) is 0 Å². The Hall–Kier alpha value is -2.51. The van der Waals surface area contributed by atoms with Gasteiger partial charge in [-0.1, -0.05) is 169 Å². The smallest absolute Gasteiger partial charge is 0.407 e. The summed E-state index contributed by atoms with van der Waals surface area (Å²) in [6.45, 7) is 15.3. The van der Waals surface area contributed by atoms with Crippen molar-refractivity contribution in [3.8, 4) is 0 Å². The average molecular weight is 802 g/mol. The standard InChI is InChI=1S/C49H91N3O5/c1-6-9-12-15-22-27-33-46(34-28-23-16-13-10-7-2)43-48(53)56-42-36-47(57-49(54)51-37-31-39-52-40-38-50-45(52)5)35-29-24-19-17-18-20-25-30-41-55-44(4)32-26-21-14-11-8-3/h38,40,46-47H,4,6-37,39,41-43H2,1-3,5H3,(H,51,54). The van der Waals surface area contributed by atoms with Gasteiger partial charge in [-0.05, 0) is 57.8 Å². The number of nitrogens with one attached hydrogen (secondary N) is 1. The molecule has 0 aromatic carbocycles. The van der Waals surface area contributed by atoms with Crippen LogP contribution in [0.4, 0.5) is 4.79 Å². The SMILES string of the molecule is C=C(CCCCCCC)OCCCCCCCCCCC(CCOC(=O)CC(CCCCCCCC)CCCCCCCC)OC(=O)NCCCn1ccnc1C. The number of unbranched alkanes of at least 4 members (excludes halogenated alkanes) is 21. The van der Waals surface area contributed by atoms with Crippen molar-refractivity contribution in [2.24, 2.45) is 5.92 Å². The van der Waals surface area contributed by atoms with Crippen LogP contribution in [0.1, 0.15) is 232 Å². The third-order valence-corrected chi connectivity index (χ3v) is 11.4. The Morgan fingerprint density at radius 2 is 1.18 bits per heavy atom. The van der Waals surface area contributed by atoms with E-state index in [1.165, 1.54) is 141 Å². The van der Waals surface area contributed by atoms with E-state index in [0.717, 1.165) is 76.1 Å². The number of hydrogen-bond donors (Lipinski definition) is 1. The number of aryl methyl sites for hydroxylation is 2. The summed E-state index contributed by atoms with van der Waals surface area (Å²) in [5.41, 5.74) is 0. The molecule has 332 valence electrons. The van der Waals surface area contributed by atoms with Crippen LogP contribution in [0.3, 0.4) is 0 Å². The van der Waals surface area contributed by atoms with Gasteiger partial charge in [-0.2, -0.15) is 0 Å². The zero-order valence-corrected chi connectivity index (χ0v) is 37.9. The Morgan fingerprint density at radius 1 is 0.649 bits per heavy atom. The molecule has 8 nitrogen and oxygen atoms in total. The minimum absolute atomic E-state index is 0.0933. The van der Waals surface area contributed by atoms with Gasteiger partial charge in [0.15, 0.2) is 0 Å². The van der Waals surface area contributed by atoms with Crippen molar-refractivity contribution in [1.29, 1.82) is 0 Å². The molecule has 0 spiro atoms. The molecule has 0 radical (unpaired) electrons. The zero-order chi connectivity index (χ0) is 41.4. The van der Waals surface area contributed by atoms with E-state index in [2.05, 4.69) is 42.2 Å². The first-order valence-electron chi connectivity index (χ1n) is 24.3. The Labute approximate surface area is 351 Å². The first-order valence-corrected chi connectivity index (χ1v) is 24.3. The van der Waals surface area contributed by atoms with E-state index in [9.17, 15) is 9.59 Å². The fourth-order valence-electron chi connectivity index (χ4n) is 7.66. The molecule has 1 atom stereocenters. The highest BCUT2D eigenvalue weighted by Crippen LogP contribution is 2.23. The number of rotatable bonds is 42. The molecule has 0 aliphatic rings. The highest BCUT2D eigenvalue weighted by atomic mass is 16.6. The zero-order valence-electron chi connectivity index (χ0n) is 37.9. The number of hydrogen-bond acceptors (Lipinski definition) is 6. The fraction of sp³-hybridized carbons (Fsp3) is 0.857. The highest BCUT2D eigenvalue weighted by Gasteiger charge is 2.18. The predicted molar refractivity (Wildman–Crippen MR) is 240 cm³/mol. The molecule has 0 aliphatic heterocycles. The third kappa shape index (κ3) is 33.1. The summed E-state index contributed by atoms with van der Waals surface area (Å²) < 4.78 is 19.7. The molecule has 1 N–H and O–H groups in total. The van der Waals surface area contributed by atoms with E-state index >= 15 is 0 Å². The van der Waals surface area contributed by atoms with Gasteiger partial charge < -0.3 is 24.1 Å². The molecular weight excluding hydrogens is 711 g/mol.